The van der Waals surface area contributed by atoms with Crippen molar-refractivity contribution in [1.29, 1.82) is 0 Å². The summed E-state index contributed by atoms with van der Waals surface area (Å²) < 4.78 is 0. The van der Waals surface area contributed by atoms with Gasteiger partial charge in [0.05, 0.1) is 0 Å². The number of hydrogen-bond acceptors (Lipinski definition) is 2. The fourth-order valence-electron chi connectivity index (χ4n) is 2.90. The van der Waals surface area contributed by atoms with Crippen molar-refractivity contribution in [3.63, 3.8) is 0 Å². The van der Waals surface area contributed by atoms with E-state index in [1.54, 1.807) is 11.8 Å². The van der Waals surface area contributed by atoms with Crippen LogP contribution in [0.5, 0.6) is 0 Å². The molecule has 1 nitrogen and oxygen atoms in total. The Balaban J connectivity index is 1.75. The van der Waals surface area contributed by atoms with Crippen LogP contribution in [0, 0.1) is 6.92 Å². The fourth-order valence-corrected chi connectivity index (χ4v) is 4.03. The van der Waals surface area contributed by atoms with Gasteiger partial charge in [-0.2, -0.15) is 0 Å². The van der Waals surface area contributed by atoms with E-state index < -0.39 is 0 Å². The van der Waals surface area contributed by atoms with Crippen molar-refractivity contribution in [2.24, 2.45) is 4.99 Å². The number of aliphatic imine (C=N–C) groups is 1. The predicted molar refractivity (Wildman–Crippen MR) is 109 cm³/mol. The van der Waals surface area contributed by atoms with Gasteiger partial charge in [0.15, 0.2) is 0 Å². The van der Waals surface area contributed by atoms with Gasteiger partial charge in [0.25, 0.3) is 0 Å². The van der Waals surface area contributed by atoms with Crippen molar-refractivity contribution in [3.05, 3.63) is 112 Å². The van der Waals surface area contributed by atoms with Crippen molar-refractivity contribution in [2.45, 2.75) is 13.0 Å². The maximum atomic E-state index is 5.05. The number of nitrogens with zero attached hydrogens (tertiary/aromatic N) is 1. The lowest BCUT2D eigenvalue weighted by molar-refractivity contribution is 0.916. The number of aryl methyl sites for hydroxylation is 1. The molecule has 0 radical (unpaired) electrons. The van der Waals surface area contributed by atoms with Crippen LogP contribution in [0.25, 0.3) is 6.08 Å². The second-order valence-corrected chi connectivity index (χ2v) is 7.24. The second kappa shape index (κ2) is 7.12. The van der Waals surface area contributed by atoms with Gasteiger partial charge in [-0.3, -0.25) is 4.99 Å². The highest BCUT2D eigenvalue weighted by Gasteiger charge is 2.26. The Labute approximate surface area is 153 Å². The Hall–Kier alpha value is -2.58. The molecule has 0 spiro atoms. The molecule has 1 aliphatic rings. The Morgan fingerprint density at radius 2 is 1.44 bits per heavy atom. The van der Waals surface area contributed by atoms with Gasteiger partial charge in [0.2, 0.25) is 0 Å². The standard InChI is InChI=1S/C23H19NS/c1-17-12-14-19(15-13-17)22-21(16-18-8-4-2-5-9-18)25-23(24-22)20-10-6-3-7-11-20/h2-16,22H,1H3/b21-16-. The van der Waals surface area contributed by atoms with Crippen LogP contribution >= 0.6 is 11.8 Å². The summed E-state index contributed by atoms with van der Waals surface area (Å²) in [6.45, 7) is 2.12. The van der Waals surface area contributed by atoms with E-state index in [9.17, 15) is 0 Å². The quantitative estimate of drug-likeness (QED) is 0.547. The summed E-state index contributed by atoms with van der Waals surface area (Å²) in [5.74, 6) is 0. The van der Waals surface area contributed by atoms with Crippen LogP contribution in [0.4, 0.5) is 0 Å². The maximum Gasteiger partial charge on any atom is 0.108 e. The first-order valence-electron chi connectivity index (χ1n) is 8.44. The predicted octanol–water partition coefficient (Wildman–Crippen LogP) is 6.27. The second-order valence-electron chi connectivity index (χ2n) is 6.17. The molecule has 1 unspecified atom stereocenters. The molecule has 0 aliphatic carbocycles. The molecule has 0 aromatic heterocycles. The molecule has 122 valence electrons. The molecule has 0 N–H and O–H groups in total. The normalized spacial score (nSPS) is 18.4. The third-order valence-corrected chi connectivity index (χ3v) is 5.36. The average molecular weight is 341 g/mol. The van der Waals surface area contributed by atoms with E-state index >= 15 is 0 Å². The van der Waals surface area contributed by atoms with Crippen LogP contribution in [0.2, 0.25) is 0 Å². The van der Waals surface area contributed by atoms with Crippen LogP contribution in [-0.4, -0.2) is 5.04 Å². The van der Waals surface area contributed by atoms with Crippen molar-refractivity contribution < 1.29 is 0 Å². The van der Waals surface area contributed by atoms with E-state index in [-0.39, 0.29) is 6.04 Å². The summed E-state index contributed by atoms with van der Waals surface area (Å²) in [5.41, 5.74) is 4.91. The first kappa shape index (κ1) is 15.9. The molecule has 0 bridgehead atoms. The zero-order valence-electron chi connectivity index (χ0n) is 14.1. The molecule has 3 aromatic rings. The molecule has 2 heteroatoms. The monoisotopic (exact) mass is 341 g/mol. The molecular weight excluding hydrogens is 322 g/mol. The van der Waals surface area contributed by atoms with Crippen molar-refractivity contribution in [2.75, 3.05) is 0 Å². The highest BCUT2D eigenvalue weighted by atomic mass is 32.2. The van der Waals surface area contributed by atoms with Crippen molar-refractivity contribution in [3.8, 4) is 0 Å². The average Bonchev–Trinajstić information content (AvgIpc) is 3.08. The molecule has 1 aliphatic heterocycles. The number of rotatable bonds is 3. The van der Waals surface area contributed by atoms with E-state index in [4.69, 9.17) is 4.99 Å². The molecule has 1 atom stereocenters. The van der Waals surface area contributed by atoms with Crippen LogP contribution < -0.4 is 0 Å². The van der Waals surface area contributed by atoms with E-state index in [1.165, 1.54) is 27.2 Å². The molecule has 0 fully saturated rings. The minimum absolute atomic E-state index is 0.0704. The third-order valence-electron chi connectivity index (χ3n) is 4.25. The zero-order valence-corrected chi connectivity index (χ0v) is 14.9. The fraction of sp³-hybridized carbons (Fsp3) is 0.0870. The Kier molecular flexibility index (Phi) is 4.53. The number of thioether (sulfide) groups is 1. The Morgan fingerprint density at radius 3 is 2.12 bits per heavy atom. The van der Waals surface area contributed by atoms with Crippen LogP contribution in [0.15, 0.2) is 94.8 Å². The summed E-state index contributed by atoms with van der Waals surface area (Å²) >= 11 is 1.78. The van der Waals surface area contributed by atoms with Gasteiger partial charge in [-0.25, -0.2) is 0 Å². The SMILES string of the molecule is Cc1ccc(C2N=C(c3ccccc3)S/C2=C\c2ccccc2)cc1. The molecule has 1 heterocycles. The molecule has 0 saturated heterocycles. The zero-order chi connectivity index (χ0) is 17.1. The summed E-state index contributed by atoms with van der Waals surface area (Å²) in [4.78, 5) is 6.32. The molecule has 4 rings (SSSR count). The van der Waals surface area contributed by atoms with E-state index in [0.29, 0.717) is 0 Å². The van der Waals surface area contributed by atoms with Gasteiger partial charge in [-0.05, 0) is 24.1 Å². The highest BCUT2D eigenvalue weighted by Crippen LogP contribution is 2.44. The molecule has 3 aromatic carbocycles. The first-order chi connectivity index (χ1) is 12.3. The number of hydrogen-bond donors (Lipinski definition) is 0. The van der Waals surface area contributed by atoms with E-state index in [2.05, 4.69) is 85.8 Å². The van der Waals surface area contributed by atoms with Gasteiger partial charge in [-0.15, -0.1) is 0 Å². The van der Waals surface area contributed by atoms with E-state index in [1.807, 2.05) is 12.1 Å². The van der Waals surface area contributed by atoms with Gasteiger partial charge >= 0.3 is 0 Å². The first-order valence-corrected chi connectivity index (χ1v) is 9.25. The lowest BCUT2D eigenvalue weighted by atomic mass is 10.0. The lowest BCUT2D eigenvalue weighted by Gasteiger charge is -2.10. The topological polar surface area (TPSA) is 12.4 Å². The van der Waals surface area contributed by atoms with Gasteiger partial charge in [0.1, 0.15) is 11.1 Å². The molecule has 0 amide bonds. The molecular formula is C23H19NS. The minimum Gasteiger partial charge on any atom is -0.264 e. The van der Waals surface area contributed by atoms with Gasteiger partial charge in [-0.1, -0.05) is 102 Å². The largest absolute Gasteiger partial charge is 0.264 e. The lowest BCUT2D eigenvalue weighted by Crippen LogP contribution is -1.93. The smallest absolute Gasteiger partial charge is 0.108 e. The highest BCUT2D eigenvalue weighted by molar-refractivity contribution is 8.18. The summed E-state index contributed by atoms with van der Waals surface area (Å²) in [5, 5.41) is 1.09. The number of benzene rings is 3. The van der Waals surface area contributed by atoms with Gasteiger partial charge in [0, 0.05) is 10.5 Å². The minimum atomic E-state index is 0.0704. The van der Waals surface area contributed by atoms with Crippen LogP contribution in [0.1, 0.15) is 28.3 Å². The van der Waals surface area contributed by atoms with E-state index in [0.717, 1.165) is 5.04 Å². The third kappa shape index (κ3) is 3.59. The molecule has 0 saturated carbocycles. The van der Waals surface area contributed by atoms with Gasteiger partial charge < -0.3 is 0 Å². The maximum absolute atomic E-state index is 5.05. The Morgan fingerprint density at radius 1 is 0.800 bits per heavy atom. The summed E-state index contributed by atoms with van der Waals surface area (Å²) in [6.07, 6.45) is 2.26. The van der Waals surface area contributed by atoms with Crippen molar-refractivity contribution in [1.82, 2.24) is 0 Å². The summed E-state index contributed by atoms with van der Waals surface area (Å²) in [7, 11) is 0. The summed E-state index contributed by atoms with van der Waals surface area (Å²) in [6, 6.07) is 29.7. The van der Waals surface area contributed by atoms with Crippen molar-refractivity contribution >= 4 is 22.9 Å². The van der Waals surface area contributed by atoms with Crippen LogP contribution in [-0.2, 0) is 0 Å². The molecule has 25 heavy (non-hydrogen) atoms. The Bertz CT molecular complexity index is 909. The van der Waals surface area contributed by atoms with Crippen LogP contribution in [0.3, 0.4) is 0 Å².